The molecular formula is C27H26ClFN2O2. The minimum Gasteiger partial charge on any atom is -0.410 e. The van der Waals surface area contributed by atoms with Gasteiger partial charge in [-0.05, 0) is 67.8 Å². The molecule has 0 atom stereocenters. The summed E-state index contributed by atoms with van der Waals surface area (Å²) >= 11 is 6.10. The summed E-state index contributed by atoms with van der Waals surface area (Å²) in [6.45, 7) is 7.70. The Morgan fingerprint density at radius 1 is 1.06 bits per heavy atom. The van der Waals surface area contributed by atoms with E-state index in [1.807, 2.05) is 44.3 Å². The Bertz CT molecular complexity index is 1310. The number of fused-ring (bicyclic) bond motifs is 1. The number of rotatable bonds is 6. The van der Waals surface area contributed by atoms with Crippen molar-refractivity contribution in [2.45, 2.75) is 27.3 Å². The summed E-state index contributed by atoms with van der Waals surface area (Å²) in [5, 5.41) is 0.918. The minimum absolute atomic E-state index is 0.0184. The van der Waals surface area contributed by atoms with E-state index < -0.39 is 11.9 Å². The fourth-order valence-corrected chi connectivity index (χ4v) is 4.22. The lowest BCUT2D eigenvalue weighted by molar-refractivity contribution is 0.157. The predicted molar refractivity (Wildman–Crippen MR) is 132 cm³/mol. The fourth-order valence-electron chi connectivity index (χ4n) is 4.04. The van der Waals surface area contributed by atoms with Gasteiger partial charge in [0.05, 0.1) is 5.02 Å². The molecule has 0 aliphatic heterocycles. The van der Waals surface area contributed by atoms with E-state index in [0.29, 0.717) is 36.5 Å². The van der Waals surface area contributed by atoms with Crippen molar-refractivity contribution >= 4 is 28.6 Å². The van der Waals surface area contributed by atoms with Gasteiger partial charge in [-0.2, -0.15) is 0 Å². The van der Waals surface area contributed by atoms with E-state index in [0.717, 1.165) is 10.9 Å². The van der Waals surface area contributed by atoms with Crippen LogP contribution in [0.2, 0.25) is 5.02 Å². The van der Waals surface area contributed by atoms with Gasteiger partial charge in [-0.25, -0.2) is 9.18 Å². The summed E-state index contributed by atoms with van der Waals surface area (Å²) in [7, 11) is 0. The van der Waals surface area contributed by atoms with Crippen LogP contribution in [0.5, 0.6) is 5.75 Å². The van der Waals surface area contributed by atoms with Crippen LogP contribution in [0, 0.1) is 12.7 Å². The van der Waals surface area contributed by atoms with Crippen LogP contribution in [0.1, 0.15) is 25.0 Å². The molecule has 0 fully saturated rings. The number of ether oxygens (including phenoxy) is 1. The normalized spacial score (nSPS) is 11.1. The number of halogens is 2. The van der Waals surface area contributed by atoms with Gasteiger partial charge in [-0.3, -0.25) is 0 Å². The van der Waals surface area contributed by atoms with Crippen LogP contribution >= 0.6 is 11.6 Å². The van der Waals surface area contributed by atoms with Crippen molar-refractivity contribution in [3.8, 4) is 16.9 Å². The number of aryl methyl sites for hydroxylation is 1. The first-order valence-corrected chi connectivity index (χ1v) is 11.4. The number of hydrogen-bond acceptors (Lipinski definition) is 2. The van der Waals surface area contributed by atoms with Crippen molar-refractivity contribution in [1.29, 1.82) is 0 Å². The van der Waals surface area contributed by atoms with Crippen molar-refractivity contribution in [3.63, 3.8) is 0 Å². The molecule has 0 N–H and O–H groups in total. The molecule has 4 aromatic rings. The number of aromatic nitrogens is 1. The number of benzene rings is 3. The standard InChI is InChI=1S/C27H26ClFN2O2/c1-4-30(5-2)27(32)33-25-13-12-24-21(26(25)19-10-11-23(29)22(28)16-19)14-15-31(24)17-20-9-7-6-8-18(20)3/h6-16H,4-5,17H2,1-3H3. The van der Waals surface area contributed by atoms with E-state index in [-0.39, 0.29) is 5.02 Å². The van der Waals surface area contributed by atoms with Crippen molar-refractivity contribution in [2.24, 2.45) is 0 Å². The van der Waals surface area contributed by atoms with Gasteiger partial charge in [0.1, 0.15) is 11.6 Å². The molecule has 0 bridgehead atoms. The van der Waals surface area contributed by atoms with Crippen LogP contribution in [0.4, 0.5) is 9.18 Å². The zero-order valence-corrected chi connectivity index (χ0v) is 19.7. The molecule has 0 spiro atoms. The molecule has 33 heavy (non-hydrogen) atoms. The lowest BCUT2D eigenvalue weighted by Crippen LogP contribution is -2.33. The molecule has 4 nitrogen and oxygen atoms in total. The third-order valence-corrected chi connectivity index (χ3v) is 6.23. The average molecular weight is 465 g/mol. The smallest absolute Gasteiger partial charge is 0.410 e. The number of amides is 1. The molecule has 1 amide bonds. The number of nitrogens with zero attached hydrogens (tertiary/aromatic N) is 2. The van der Waals surface area contributed by atoms with Crippen LogP contribution in [-0.4, -0.2) is 28.6 Å². The summed E-state index contributed by atoms with van der Waals surface area (Å²) < 4.78 is 21.9. The van der Waals surface area contributed by atoms with E-state index in [2.05, 4.69) is 23.6 Å². The lowest BCUT2D eigenvalue weighted by atomic mass is 10.0. The minimum atomic E-state index is -0.494. The Balaban J connectivity index is 1.84. The van der Waals surface area contributed by atoms with Crippen LogP contribution in [-0.2, 0) is 6.54 Å². The highest BCUT2D eigenvalue weighted by Gasteiger charge is 2.20. The van der Waals surface area contributed by atoms with Crippen molar-refractivity contribution in [2.75, 3.05) is 13.1 Å². The Labute approximate surface area is 198 Å². The topological polar surface area (TPSA) is 34.5 Å². The highest BCUT2D eigenvalue weighted by atomic mass is 35.5. The van der Waals surface area contributed by atoms with E-state index in [1.54, 1.807) is 23.1 Å². The molecule has 170 valence electrons. The van der Waals surface area contributed by atoms with Gasteiger partial charge in [0, 0.05) is 42.3 Å². The molecule has 0 aliphatic rings. The quantitative estimate of drug-likeness (QED) is 0.300. The third-order valence-electron chi connectivity index (χ3n) is 5.94. The Morgan fingerprint density at radius 3 is 2.52 bits per heavy atom. The largest absolute Gasteiger partial charge is 0.415 e. The predicted octanol–water partition coefficient (Wildman–Crippen LogP) is 7.30. The molecule has 0 saturated carbocycles. The molecule has 0 unspecified atom stereocenters. The van der Waals surface area contributed by atoms with Crippen LogP contribution in [0.25, 0.3) is 22.0 Å². The molecule has 1 heterocycles. The van der Waals surface area contributed by atoms with E-state index in [9.17, 15) is 9.18 Å². The second kappa shape index (κ2) is 9.67. The lowest BCUT2D eigenvalue weighted by Gasteiger charge is -2.20. The van der Waals surface area contributed by atoms with Gasteiger partial charge in [-0.15, -0.1) is 0 Å². The molecule has 4 rings (SSSR count). The molecule has 3 aromatic carbocycles. The van der Waals surface area contributed by atoms with Crippen LogP contribution in [0.3, 0.4) is 0 Å². The van der Waals surface area contributed by atoms with Gasteiger partial charge >= 0.3 is 6.09 Å². The first kappa shape index (κ1) is 22.9. The SMILES string of the molecule is CCN(CC)C(=O)Oc1ccc2c(ccn2Cc2ccccc2C)c1-c1ccc(F)c(Cl)c1. The first-order valence-electron chi connectivity index (χ1n) is 11.0. The van der Waals surface area contributed by atoms with Crippen molar-refractivity contribution in [3.05, 3.63) is 88.8 Å². The third kappa shape index (κ3) is 4.60. The number of carbonyl (C=O) groups is 1. The highest BCUT2D eigenvalue weighted by molar-refractivity contribution is 6.31. The van der Waals surface area contributed by atoms with Crippen molar-refractivity contribution in [1.82, 2.24) is 9.47 Å². The molecular weight excluding hydrogens is 439 g/mol. The maximum Gasteiger partial charge on any atom is 0.415 e. The molecule has 6 heteroatoms. The van der Waals surface area contributed by atoms with Gasteiger partial charge in [-0.1, -0.05) is 41.9 Å². The summed E-state index contributed by atoms with van der Waals surface area (Å²) in [5.41, 5.74) is 4.81. The molecule has 1 aromatic heterocycles. The summed E-state index contributed by atoms with van der Waals surface area (Å²) in [4.78, 5) is 14.3. The van der Waals surface area contributed by atoms with Crippen LogP contribution < -0.4 is 4.74 Å². The number of carbonyl (C=O) groups excluding carboxylic acids is 1. The van der Waals surface area contributed by atoms with Gasteiger partial charge in [0.2, 0.25) is 0 Å². The zero-order chi connectivity index (χ0) is 23.5. The van der Waals surface area contributed by atoms with Crippen molar-refractivity contribution < 1.29 is 13.9 Å². The van der Waals surface area contributed by atoms with Crippen LogP contribution in [0.15, 0.2) is 66.9 Å². The molecule has 0 aliphatic carbocycles. The highest BCUT2D eigenvalue weighted by Crippen LogP contribution is 2.39. The number of hydrogen-bond donors (Lipinski definition) is 0. The van der Waals surface area contributed by atoms with E-state index >= 15 is 0 Å². The van der Waals surface area contributed by atoms with Gasteiger partial charge in [0.25, 0.3) is 0 Å². The molecule has 0 radical (unpaired) electrons. The van der Waals surface area contributed by atoms with E-state index in [1.165, 1.54) is 17.2 Å². The Hall–Kier alpha value is -3.31. The fraction of sp³-hybridized carbons (Fsp3) is 0.222. The summed E-state index contributed by atoms with van der Waals surface area (Å²) in [6, 6.07) is 18.6. The second-order valence-electron chi connectivity index (χ2n) is 7.91. The van der Waals surface area contributed by atoms with Gasteiger partial charge in [0.15, 0.2) is 0 Å². The van der Waals surface area contributed by atoms with E-state index in [4.69, 9.17) is 16.3 Å². The maximum absolute atomic E-state index is 13.9. The monoisotopic (exact) mass is 464 g/mol. The zero-order valence-electron chi connectivity index (χ0n) is 18.9. The Morgan fingerprint density at radius 2 is 1.82 bits per heavy atom. The maximum atomic E-state index is 13.9. The first-order chi connectivity index (χ1) is 15.9. The molecule has 0 saturated heterocycles. The second-order valence-corrected chi connectivity index (χ2v) is 8.32. The Kier molecular flexibility index (Phi) is 6.70. The average Bonchev–Trinajstić information content (AvgIpc) is 3.21. The summed E-state index contributed by atoms with van der Waals surface area (Å²) in [6.07, 6.45) is 1.59. The summed E-state index contributed by atoms with van der Waals surface area (Å²) in [5.74, 6) is -0.0814. The van der Waals surface area contributed by atoms with Gasteiger partial charge < -0.3 is 14.2 Å².